The molecule has 3 rings (SSSR count). The lowest BCUT2D eigenvalue weighted by molar-refractivity contribution is 0.337. The van der Waals surface area contributed by atoms with Gasteiger partial charge in [0.2, 0.25) is 0 Å². The van der Waals surface area contributed by atoms with Crippen LogP contribution >= 0.6 is 0 Å². The third-order valence-corrected chi connectivity index (χ3v) is 5.11. The number of benzene rings is 1. The van der Waals surface area contributed by atoms with E-state index in [-0.39, 0.29) is 0 Å². The van der Waals surface area contributed by atoms with Crippen molar-refractivity contribution in [2.45, 2.75) is 32.6 Å². The highest BCUT2D eigenvalue weighted by Crippen LogP contribution is 2.48. The fourth-order valence-corrected chi connectivity index (χ4v) is 4.05. The van der Waals surface area contributed by atoms with E-state index < -0.39 is 0 Å². The smallest absolute Gasteiger partial charge is 0.0600 e. The van der Waals surface area contributed by atoms with Gasteiger partial charge in [0.25, 0.3) is 0 Å². The summed E-state index contributed by atoms with van der Waals surface area (Å²) in [4.78, 5) is 2.37. The van der Waals surface area contributed by atoms with Crippen molar-refractivity contribution < 1.29 is 0 Å². The second-order valence-electron chi connectivity index (χ2n) is 6.32. The predicted molar refractivity (Wildman–Crippen MR) is 77.8 cm³/mol. The lowest BCUT2D eigenvalue weighted by atomic mass is 9.88. The summed E-state index contributed by atoms with van der Waals surface area (Å²) in [6, 6.07) is 6.35. The van der Waals surface area contributed by atoms with E-state index in [9.17, 15) is 0 Å². The number of rotatable bonds is 3. The number of para-hydroxylation sites is 1. The van der Waals surface area contributed by atoms with Gasteiger partial charge in [-0.2, -0.15) is 0 Å². The third kappa shape index (κ3) is 1.98. The number of nitrogens with two attached hydrogens (primary N) is 1. The first-order valence-electron chi connectivity index (χ1n) is 7.21. The van der Waals surface area contributed by atoms with Gasteiger partial charge in [0, 0.05) is 13.6 Å². The SMILES string of the molecule is Cc1cccc(N(C)CC2CC3CCC2C3)c1N. The Bertz CT molecular complexity index is 441. The zero-order valence-corrected chi connectivity index (χ0v) is 11.5. The summed E-state index contributed by atoms with van der Waals surface area (Å²) in [5, 5.41) is 0. The molecule has 18 heavy (non-hydrogen) atoms. The second kappa shape index (κ2) is 4.49. The minimum absolute atomic E-state index is 0.897. The molecule has 1 aromatic rings. The molecule has 2 N–H and O–H groups in total. The molecule has 3 unspecified atom stereocenters. The maximum atomic E-state index is 6.19. The van der Waals surface area contributed by atoms with Crippen LogP contribution in [0.1, 0.15) is 31.2 Å². The van der Waals surface area contributed by atoms with E-state index in [1.54, 1.807) is 0 Å². The van der Waals surface area contributed by atoms with E-state index in [1.807, 2.05) is 0 Å². The van der Waals surface area contributed by atoms with Crippen molar-refractivity contribution in [2.24, 2.45) is 17.8 Å². The Balaban J connectivity index is 1.71. The molecule has 3 atom stereocenters. The number of fused-ring (bicyclic) bond motifs is 2. The summed E-state index contributed by atoms with van der Waals surface area (Å²) in [5.74, 6) is 2.92. The molecule has 0 spiro atoms. The van der Waals surface area contributed by atoms with E-state index >= 15 is 0 Å². The lowest BCUT2D eigenvalue weighted by Crippen LogP contribution is -2.29. The van der Waals surface area contributed by atoms with Crippen molar-refractivity contribution in [2.75, 3.05) is 24.2 Å². The van der Waals surface area contributed by atoms with Crippen molar-refractivity contribution in [3.8, 4) is 0 Å². The molecule has 2 aliphatic rings. The minimum Gasteiger partial charge on any atom is -0.397 e. The molecule has 0 aliphatic heterocycles. The quantitative estimate of drug-likeness (QED) is 0.825. The molecule has 0 amide bonds. The number of hydrogen-bond acceptors (Lipinski definition) is 2. The average Bonchev–Trinajstić information content (AvgIpc) is 2.94. The van der Waals surface area contributed by atoms with Gasteiger partial charge in [-0.3, -0.25) is 0 Å². The highest BCUT2D eigenvalue weighted by atomic mass is 15.1. The molecule has 0 heterocycles. The van der Waals surface area contributed by atoms with E-state index in [0.717, 1.165) is 23.4 Å². The molecule has 0 aromatic heterocycles. The van der Waals surface area contributed by atoms with Crippen LogP contribution in [-0.2, 0) is 0 Å². The summed E-state index contributed by atoms with van der Waals surface area (Å²) < 4.78 is 0. The van der Waals surface area contributed by atoms with Crippen LogP contribution in [0.4, 0.5) is 11.4 Å². The molecular formula is C16H24N2. The van der Waals surface area contributed by atoms with Crippen LogP contribution in [0.15, 0.2) is 18.2 Å². The van der Waals surface area contributed by atoms with Crippen molar-refractivity contribution in [1.29, 1.82) is 0 Å². The van der Waals surface area contributed by atoms with E-state index in [1.165, 1.54) is 43.5 Å². The topological polar surface area (TPSA) is 29.3 Å². The van der Waals surface area contributed by atoms with Gasteiger partial charge in [0.05, 0.1) is 11.4 Å². The fraction of sp³-hybridized carbons (Fsp3) is 0.625. The van der Waals surface area contributed by atoms with Crippen LogP contribution in [0.25, 0.3) is 0 Å². The van der Waals surface area contributed by atoms with Crippen LogP contribution in [0.2, 0.25) is 0 Å². The Morgan fingerprint density at radius 2 is 2.11 bits per heavy atom. The summed E-state index contributed by atoms with van der Waals surface area (Å²) >= 11 is 0. The number of hydrogen-bond donors (Lipinski definition) is 1. The van der Waals surface area contributed by atoms with Gasteiger partial charge in [0.15, 0.2) is 0 Å². The molecule has 2 saturated carbocycles. The monoisotopic (exact) mass is 244 g/mol. The fourth-order valence-electron chi connectivity index (χ4n) is 4.05. The predicted octanol–water partition coefficient (Wildman–Crippen LogP) is 3.45. The first-order valence-corrected chi connectivity index (χ1v) is 7.21. The maximum Gasteiger partial charge on any atom is 0.0600 e. The lowest BCUT2D eigenvalue weighted by Gasteiger charge is -2.29. The highest BCUT2D eigenvalue weighted by Gasteiger charge is 2.39. The number of aryl methyl sites for hydroxylation is 1. The van der Waals surface area contributed by atoms with Crippen molar-refractivity contribution >= 4 is 11.4 Å². The Hall–Kier alpha value is -1.18. The van der Waals surface area contributed by atoms with Crippen LogP contribution in [0.3, 0.4) is 0 Å². The highest BCUT2D eigenvalue weighted by molar-refractivity contribution is 5.70. The van der Waals surface area contributed by atoms with Crippen molar-refractivity contribution in [3.05, 3.63) is 23.8 Å². The van der Waals surface area contributed by atoms with Gasteiger partial charge in [0.1, 0.15) is 0 Å². The largest absolute Gasteiger partial charge is 0.397 e. The first-order chi connectivity index (χ1) is 8.65. The molecule has 0 radical (unpaired) electrons. The van der Waals surface area contributed by atoms with Crippen molar-refractivity contribution in [3.63, 3.8) is 0 Å². The normalized spacial score (nSPS) is 29.8. The van der Waals surface area contributed by atoms with Gasteiger partial charge in [-0.05, 0) is 55.6 Å². The minimum atomic E-state index is 0.897. The molecule has 0 saturated heterocycles. The average molecular weight is 244 g/mol. The van der Waals surface area contributed by atoms with Crippen molar-refractivity contribution in [1.82, 2.24) is 0 Å². The van der Waals surface area contributed by atoms with Crippen LogP contribution < -0.4 is 10.6 Å². The molecule has 1 aromatic carbocycles. The number of nitrogens with zero attached hydrogens (tertiary/aromatic N) is 1. The molecule has 2 bridgehead atoms. The second-order valence-corrected chi connectivity index (χ2v) is 6.32. The summed E-state index contributed by atoms with van der Waals surface area (Å²) in [6.07, 6.45) is 5.88. The first kappa shape index (κ1) is 11.9. The summed E-state index contributed by atoms with van der Waals surface area (Å²) in [6.45, 7) is 3.26. The number of nitrogen functional groups attached to an aromatic ring is 1. The van der Waals surface area contributed by atoms with Crippen LogP contribution in [0.5, 0.6) is 0 Å². The van der Waals surface area contributed by atoms with Crippen LogP contribution in [-0.4, -0.2) is 13.6 Å². The van der Waals surface area contributed by atoms with Gasteiger partial charge in [-0.15, -0.1) is 0 Å². The van der Waals surface area contributed by atoms with Gasteiger partial charge in [-0.25, -0.2) is 0 Å². The molecule has 2 heteroatoms. The molecule has 2 fully saturated rings. The zero-order valence-electron chi connectivity index (χ0n) is 11.5. The number of anilines is 2. The maximum absolute atomic E-state index is 6.19. The standard InChI is InChI=1S/C16H24N2/c1-11-4-3-5-15(16(11)17)18(2)10-14-9-12-6-7-13(14)8-12/h3-5,12-14H,6-10,17H2,1-2H3. The summed E-state index contributed by atoms with van der Waals surface area (Å²) in [5.41, 5.74) is 9.53. The molecule has 2 nitrogen and oxygen atoms in total. The third-order valence-electron chi connectivity index (χ3n) is 5.11. The molecule has 2 aliphatic carbocycles. The van der Waals surface area contributed by atoms with Gasteiger partial charge in [-0.1, -0.05) is 18.6 Å². The van der Waals surface area contributed by atoms with E-state index in [0.29, 0.717) is 0 Å². The Labute approximate surface area is 110 Å². The van der Waals surface area contributed by atoms with E-state index in [2.05, 4.69) is 37.1 Å². The molecule has 98 valence electrons. The van der Waals surface area contributed by atoms with E-state index in [4.69, 9.17) is 5.73 Å². The molecular weight excluding hydrogens is 220 g/mol. The Morgan fingerprint density at radius 1 is 1.28 bits per heavy atom. The van der Waals surface area contributed by atoms with Gasteiger partial charge < -0.3 is 10.6 Å². The van der Waals surface area contributed by atoms with Crippen LogP contribution in [0, 0.1) is 24.7 Å². The van der Waals surface area contributed by atoms with Gasteiger partial charge >= 0.3 is 0 Å². The Kier molecular flexibility index (Phi) is 2.96. The zero-order chi connectivity index (χ0) is 12.7. The Morgan fingerprint density at radius 3 is 2.78 bits per heavy atom. The summed E-state index contributed by atoms with van der Waals surface area (Å²) in [7, 11) is 2.19.